The second kappa shape index (κ2) is 9.56. The van der Waals surface area contributed by atoms with Crippen LogP contribution in [0, 0.1) is 5.82 Å². The Morgan fingerprint density at radius 3 is 2.50 bits per heavy atom. The van der Waals surface area contributed by atoms with Gasteiger partial charge in [0.15, 0.2) is 5.82 Å². The van der Waals surface area contributed by atoms with Crippen LogP contribution in [0.5, 0.6) is 5.75 Å². The molecule has 1 aromatic heterocycles. The molecule has 0 aliphatic carbocycles. The number of amides is 1. The molecule has 7 nitrogen and oxygen atoms in total. The minimum absolute atomic E-state index is 0.154. The third-order valence-corrected chi connectivity index (χ3v) is 6.80. The van der Waals surface area contributed by atoms with E-state index in [0.29, 0.717) is 17.5 Å². The predicted octanol–water partition coefficient (Wildman–Crippen LogP) is 4.17. The Morgan fingerprint density at radius 2 is 1.79 bits per heavy atom. The molecule has 1 aliphatic rings. The molecule has 0 saturated carbocycles. The molecule has 0 bridgehead atoms. The largest absolute Gasteiger partial charge is 0.497 e. The Morgan fingerprint density at radius 1 is 1.06 bits per heavy atom. The van der Waals surface area contributed by atoms with E-state index in [1.54, 1.807) is 23.9 Å². The van der Waals surface area contributed by atoms with E-state index < -0.39 is 11.3 Å². The molecule has 1 amide bonds. The number of thioether (sulfide) groups is 1. The molecule has 5 rings (SSSR count). The van der Waals surface area contributed by atoms with Crippen molar-refractivity contribution in [1.29, 1.82) is 0 Å². The lowest BCUT2D eigenvalue weighted by Crippen LogP contribution is -2.43. The van der Waals surface area contributed by atoms with Crippen molar-refractivity contribution in [2.45, 2.75) is 23.0 Å². The molecule has 2 heterocycles. The third kappa shape index (κ3) is 4.47. The highest BCUT2D eigenvalue weighted by atomic mass is 32.2. The average Bonchev–Trinajstić information content (AvgIpc) is 3.31. The number of fused-ring (bicyclic) bond motifs is 1. The van der Waals surface area contributed by atoms with E-state index in [1.165, 1.54) is 23.9 Å². The summed E-state index contributed by atoms with van der Waals surface area (Å²) in [4.78, 5) is 13.3. The van der Waals surface area contributed by atoms with E-state index in [9.17, 15) is 9.18 Å². The van der Waals surface area contributed by atoms with Crippen LogP contribution >= 0.6 is 11.8 Å². The zero-order valence-corrected chi connectivity index (χ0v) is 19.1. The Hall–Kier alpha value is -3.85. The summed E-state index contributed by atoms with van der Waals surface area (Å²) in [5.74, 6) is 0.917. The maximum Gasteiger partial charge on any atom is 0.236 e. The van der Waals surface area contributed by atoms with E-state index in [-0.39, 0.29) is 11.7 Å². The summed E-state index contributed by atoms with van der Waals surface area (Å²) in [6, 6.07) is 23.0. The van der Waals surface area contributed by atoms with Crippen molar-refractivity contribution in [2.75, 3.05) is 12.5 Å². The van der Waals surface area contributed by atoms with Crippen LogP contribution in [0.3, 0.4) is 0 Å². The average molecular weight is 476 g/mol. The van der Waals surface area contributed by atoms with Gasteiger partial charge in [-0.3, -0.25) is 4.79 Å². The van der Waals surface area contributed by atoms with Gasteiger partial charge in [0.25, 0.3) is 0 Å². The quantitative estimate of drug-likeness (QED) is 0.436. The first kappa shape index (κ1) is 22.0. The molecule has 4 aromatic rings. The van der Waals surface area contributed by atoms with Crippen molar-refractivity contribution >= 4 is 17.7 Å². The molecule has 2 atom stereocenters. The minimum atomic E-state index is -0.538. The highest BCUT2D eigenvalue weighted by Crippen LogP contribution is 2.38. The number of nitrogens with zero attached hydrogens (tertiary/aromatic N) is 3. The van der Waals surface area contributed by atoms with Gasteiger partial charge < -0.3 is 15.5 Å². The fraction of sp³-hybridized carbons (Fsp3) is 0.160. The van der Waals surface area contributed by atoms with Crippen LogP contribution in [0.2, 0.25) is 0 Å². The van der Waals surface area contributed by atoms with Crippen molar-refractivity contribution in [1.82, 2.24) is 20.2 Å². The summed E-state index contributed by atoms with van der Waals surface area (Å²) in [5, 5.41) is 11.7. The maximum absolute atomic E-state index is 13.6. The molecule has 0 fully saturated rings. The lowest BCUT2D eigenvalue weighted by atomic mass is 10.0. The highest BCUT2D eigenvalue weighted by molar-refractivity contribution is 8.00. The fourth-order valence-corrected chi connectivity index (χ4v) is 4.89. The molecule has 9 heteroatoms. The molecule has 34 heavy (non-hydrogen) atoms. The van der Waals surface area contributed by atoms with Gasteiger partial charge in [0.05, 0.1) is 13.2 Å². The lowest BCUT2D eigenvalue weighted by Gasteiger charge is -2.33. The first-order valence-electron chi connectivity index (χ1n) is 10.7. The van der Waals surface area contributed by atoms with Crippen molar-refractivity contribution in [3.63, 3.8) is 0 Å². The van der Waals surface area contributed by atoms with Gasteiger partial charge in [-0.2, -0.15) is 0 Å². The SMILES string of the molecule is COc1ccc(CNC(=O)[C@@H]2Sc3nnc(-c4ccccc4)n3N[C@H]2c2ccc(F)cc2)cc1. The Kier molecular flexibility index (Phi) is 6.18. The van der Waals surface area contributed by atoms with Gasteiger partial charge in [-0.1, -0.05) is 66.4 Å². The van der Waals surface area contributed by atoms with Crippen LogP contribution in [0.15, 0.2) is 84.0 Å². The number of rotatable bonds is 6. The molecule has 0 spiro atoms. The number of hydrogen-bond acceptors (Lipinski definition) is 6. The molecule has 172 valence electrons. The predicted molar refractivity (Wildman–Crippen MR) is 128 cm³/mol. The summed E-state index contributed by atoms with van der Waals surface area (Å²) in [6.45, 7) is 0.373. The van der Waals surface area contributed by atoms with E-state index in [4.69, 9.17) is 4.74 Å². The van der Waals surface area contributed by atoms with E-state index >= 15 is 0 Å². The van der Waals surface area contributed by atoms with Crippen LogP contribution in [-0.2, 0) is 11.3 Å². The summed E-state index contributed by atoms with van der Waals surface area (Å²) in [6.07, 6.45) is 0. The lowest BCUT2D eigenvalue weighted by molar-refractivity contribution is -0.121. The zero-order chi connectivity index (χ0) is 23.5. The summed E-state index contributed by atoms with van der Waals surface area (Å²) in [5.41, 5.74) is 6.04. The molecular formula is C25H22FN5O2S. The number of carbonyl (C=O) groups excluding carboxylic acids is 1. The first-order valence-corrected chi connectivity index (χ1v) is 11.6. The van der Waals surface area contributed by atoms with Crippen molar-refractivity contribution in [3.8, 4) is 17.1 Å². The number of hydrogen-bond donors (Lipinski definition) is 2. The fourth-order valence-electron chi connectivity index (χ4n) is 3.78. The van der Waals surface area contributed by atoms with Crippen LogP contribution < -0.4 is 15.5 Å². The standard InChI is InChI=1S/C25H22FN5O2S/c1-33-20-13-7-16(8-14-20)15-27-24(32)22-21(17-9-11-19(26)12-10-17)30-31-23(28-29-25(31)34-22)18-5-3-2-4-6-18/h2-14,21-22,30H,15H2,1H3,(H,27,32)/t21-,22+/m0/s1. The van der Waals surface area contributed by atoms with Gasteiger partial charge in [-0.25, -0.2) is 9.07 Å². The molecule has 2 N–H and O–H groups in total. The number of halogens is 1. The highest BCUT2D eigenvalue weighted by Gasteiger charge is 2.38. The van der Waals surface area contributed by atoms with E-state index in [0.717, 1.165) is 22.4 Å². The van der Waals surface area contributed by atoms with Crippen LogP contribution in [0.25, 0.3) is 11.4 Å². The third-order valence-electron chi connectivity index (χ3n) is 5.58. The first-order chi connectivity index (χ1) is 16.6. The van der Waals surface area contributed by atoms with Crippen molar-refractivity contribution < 1.29 is 13.9 Å². The number of nitrogens with one attached hydrogen (secondary N) is 2. The number of carbonyl (C=O) groups is 1. The van der Waals surface area contributed by atoms with Crippen LogP contribution in [0.4, 0.5) is 4.39 Å². The Bertz CT molecular complexity index is 1280. The van der Waals surface area contributed by atoms with Gasteiger partial charge in [-0.05, 0) is 35.4 Å². The minimum Gasteiger partial charge on any atom is -0.497 e. The van der Waals surface area contributed by atoms with Gasteiger partial charge >= 0.3 is 0 Å². The number of methoxy groups -OCH3 is 1. The second-order valence-corrected chi connectivity index (χ2v) is 8.88. The molecule has 0 radical (unpaired) electrons. The maximum atomic E-state index is 13.6. The monoisotopic (exact) mass is 475 g/mol. The normalized spacial score (nSPS) is 16.9. The molecular weight excluding hydrogens is 453 g/mol. The van der Waals surface area contributed by atoms with Gasteiger partial charge in [-0.15, -0.1) is 10.2 Å². The summed E-state index contributed by atoms with van der Waals surface area (Å²) in [7, 11) is 1.61. The van der Waals surface area contributed by atoms with Gasteiger partial charge in [0, 0.05) is 12.1 Å². The van der Waals surface area contributed by atoms with Crippen molar-refractivity contribution in [2.24, 2.45) is 0 Å². The van der Waals surface area contributed by atoms with Crippen LogP contribution in [-0.4, -0.2) is 33.1 Å². The van der Waals surface area contributed by atoms with Gasteiger partial charge in [0.2, 0.25) is 11.1 Å². The van der Waals surface area contributed by atoms with E-state index in [2.05, 4.69) is 20.9 Å². The topological polar surface area (TPSA) is 81.1 Å². The van der Waals surface area contributed by atoms with Crippen molar-refractivity contribution in [3.05, 3.63) is 95.8 Å². The zero-order valence-electron chi connectivity index (χ0n) is 18.3. The number of ether oxygens (including phenoxy) is 1. The summed E-state index contributed by atoms with van der Waals surface area (Å²) < 4.78 is 20.6. The molecule has 0 unspecified atom stereocenters. The molecule has 3 aromatic carbocycles. The molecule has 0 saturated heterocycles. The summed E-state index contributed by atoms with van der Waals surface area (Å²) >= 11 is 1.33. The Balaban J connectivity index is 1.42. The van der Waals surface area contributed by atoms with Crippen LogP contribution in [0.1, 0.15) is 17.2 Å². The Labute approximate surface area is 200 Å². The second-order valence-electron chi connectivity index (χ2n) is 7.77. The van der Waals surface area contributed by atoms with E-state index in [1.807, 2.05) is 54.6 Å². The number of benzene rings is 3. The molecule has 1 aliphatic heterocycles. The van der Waals surface area contributed by atoms with Gasteiger partial charge in [0.1, 0.15) is 16.8 Å². The number of aromatic nitrogens is 3. The smallest absolute Gasteiger partial charge is 0.236 e.